The smallest absolute Gasteiger partial charge is 0.508 e. The zero-order chi connectivity index (χ0) is 9.14. The zero-order valence-electron chi connectivity index (χ0n) is 5.89. The number of aromatic hydroxyl groups is 2. The van der Waals surface area contributed by atoms with Crippen molar-refractivity contribution in [3.8, 4) is 17.2 Å². The van der Waals surface area contributed by atoms with Gasteiger partial charge >= 0.3 is 6.16 Å². The van der Waals surface area contributed by atoms with Crippen molar-refractivity contribution in [2.24, 2.45) is 0 Å². The lowest BCUT2D eigenvalue weighted by Crippen LogP contribution is -2.02. The predicted molar refractivity (Wildman–Crippen MR) is 38.4 cm³/mol. The molecule has 0 aliphatic heterocycles. The molecule has 0 saturated carbocycles. The molecule has 5 nitrogen and oxygen atoms in total. The number of carbonyl (C=O) groups is 1. The lowest BCUT2D eigenvalue weighted by Gasteiger charge is -2.01. The van der Waals surface area contributed by atoms with Crippen molar-refractivity contribution in [3.63, 3.8) is 0 Å². The summed E-state index contributed by atoms with van der Waals surface area (Å²) in [6.45, 7) is 0. The third-order valence-corrected chi connectivity index (χ3v) is 1.14. The minimum Gasteiger partial charge on any atom is -0.508 e. The first-order valence-electron chi connectivity index (χ1n) is 3.02. The van der Waals surface area contributed by atoms with E-state index in [2.05, 4.69) is 4.74 Å². The Morgan fingerprint density at radius 2 is 2.00 bits per heavy atom. The Hall–Kier alpha value is -1.91. The SMILES string of the molecule is O=C(O)Oc1cc(O)ccc1O. The molecule has 0 bridgehead atoms. The highest BCUT2D eigenvalue weighted by Crippen LogP contribution is 2.29. The van der Waals surface area contributed by atoms with Gasteiger partial charge in [0.2, 0.25) is 0 Å². The Kier molecular flexibility index (Phi) is 2.05. The summed E-state index contributed by atoms with van der Waals surface area (Å²) in [5.74, 6) is -0.804. The first-order chi connectivity index (χ1) is 5.59. The van der Waals surface area contributed by atoms with Crippen molar-refractivity contribution >= 4 is 6.16 Å². The Bertz CT molecular complexity index is 307. The van der Waals surface area contributed by atoms with E-state index in [-0.39, 0.29) is 17.2 Å². The summed E-state index contributed by atoms with van der Waals surface area (Å²) in [6.07, 6.45) is -1.55. The highest BCUT2D eigenvalue weighted by molar-refractivity contribution is 5.63. The van der Waals surface area contributed by atoms with Crippen molar-refractivity contribution in [2.75, 3.05) is 0 Å². The number of phenolic OH excluding ortho intramolecular Hbond substituents is 2. The molecule has 0 aliphatic carbocycles. The molecule has 0 aromatic heterocycles. The second-order valence-electron chi connectivity index (χ2n) is 2.02. The van der Waals surface area contributed by atoms with E-state index in [4.69, 9.17) is 15.3 Å². The molecule has 0 unspecified atom stereocenters. The third kappa shape index (κ3) is 1.79. The normalized spacial score (nSPS) is 9.33. The maximum absolute atomic E-state index is 10.0. The standard InChI is InChI=1S/C7H6O5/c8-4-1-2-5(9)6(3-4)12-7(10)11/h1-3,8-9H,(H,10,11). The fourth-order valence-electron chi connectivity index (χ4n) is 0.679. The van der Waals surface area contributed by atoms with E-state index in [9.17, 15) is 4.79 Å². The van der Waals surface area contributed by atoms with Gasteiger partial charge in [0.1, 0.15) is 5.75 Å². The second kappa shape index (κ2) is 3.00. The number of phenols is 2. The van der Waals surface area contributed by atoms with Gasteiger partial charge in [-0.1, -0.05) is 0 Å². The van der Waals surface area contributed by atoms with Crippen LogP contribution >= 0.6 is 0 Å². The molecule has 12 heavy (non-hydrogen) atoms. The van der Waals surface area contributed by atoms with Crippen LogP contribution < -0.4 is 4.74 Å². The van der Waals surface area contributed by atoms with Crippen LogP contribution in [0, 0.1) is 0 Å². The summed E-state index contributed by atoms with van der Waals surface area (Å²) in [5, 5.41) is 26.0. The summed E-state index contributed by atoms with van der Waals surface area (Å²) in [6, 6.07) is 3.35. The molecule has 1 aromatic rings. The van der Waals surface area contributed by atoms with Crippen LogP contribution in [0.4, 0.5) is 4.79 Å². The summed E-state index contributed by atoms with van der Waals surface area (Å²) in [5.41, 5.74) is 0. The van der Waals surface area contributed by atoms with E-state index in [0.717, 1.165) is 12.1 Å². The van der Waals surface area contributed by atoms with E-state index < -0.39 is 6.16 Å². The number of rotatable bonds is 1. The van der Waals surface area contributed by atoms with E-state index in [1.54, 1.807) is 0 Å². The summed E-state index contributed by atoms with van der Waals surface area (Å²) >= 11 is 0. The molecule has 64 valence electrons. The van der Waals surface area contributed by atoms with Crippen LogP contribution in [0.1, 0.15) is 0 Å². The maximum Gasteiger partial charge on any atom is 0.511 e. The molecule has 3 N–H and O–H groups in total. The molecular weight excluding hydrogens is 164 g/mol. The molecule has 1 aromatic carbocycles. The first kappa shape index (κ1) is 8.19. The fourth-order valence-corrected chi connectivity index (χ4v) is 0.679. The van der Waals surface area contributed by atoms with Gasteiger partial charge in [0, 0.05) is 6.07 Å². The Labute approximate surface area is 67.5 Å². The first-order valence-corrected chi connectivity index (χ1v) is 3.02. The van der Waals surface area contributed by atoms with Gasteiger partial charge in [0.05, 0.1) is 0 Å². The Balaban J connectivity index is 2.97. The molecule has 0 radical (unpaired) electrons. The van der Waals surface area contributed by atoms with Crippen LogP contribution in [0.5, 0.6) is 17.2 Å². The van der Waals surface area contributed by atoms with Crippen molar-refractivity contribution in [2.45, 2.75) is 0 Å². The van der Waals surface area contributed by atoms with Gasteiger partial charge in [-0.3, -0.25) is 0 Å². The van der Waals surface area contributed by atoms with E-state index in [1.807, 2.05) is 0 Å². The number of benzene rings is 1. The molecule has 1 rings (SSSR count). The molecule has 0 saturated heterocycles. The van der Waals surface area contributed by atoms with E-state index in [1.165, 1.54) is 6.07 Å². The van der Waals surface area contributed by atoms with Gasteiger partial charge in [0.15, 0.2) is 11.5 Å². The topological polar surface area (TPSA) is 87.0 Å². The Morgan fingerprint density at radius 3 is 2.58 bits per heavy atom. The van der Waals surface area contributed by atoms with Crippen LogP contribution in [-0.2, 0) is 0 Å². The van der Waals surface area contributed by atoms with Crippen LogP contribution in [0.2, 0.25) is 0 Å². The van der Waals surface area contributed by atoms with Crippen molar-refractivity contribution in [1.82, 2.24) is 0 Å². The molecule has 0 amide bonds. The molecule has 0 fully saturated rings. The number of hydrogen-bond donors (Lipinski definition) is 3. The monoisotopic (exact) mass is 170 g/mol. The Morgan fingerprint density at radius 1 is 1.33 bits per heavy atom. The number of hydrogen-bond acceptors (Lipinski definition) is 4. The van der Waals surface area contributed by atoms with Crippen molar-refractivity contribution < 1.29 is 24.9 Å². The van der Waals surface area contributed by atoms with Gasteiger partial charge in [0.25, 0.3) is 0 Å². The molecule has 0 heterocycles. The molecule has 0 atom stereocenters. The highest BCUT2D eigenvalue weighted by atomic mass is 16.7. The number of ether oxygens (including phenoxy) is 1. The van der Waals surface area contributed by atoms with Crippen molar-refractivity contribution in [1.29, 1.82) is 0 Å². The van der Waals surface area contributed by atoms with Crippen LogP contribution in [0.15, 0.2) is 18.2 Å². The maximum atomic E-state index is 10.0. The van der Waals surface area contributed by atoms with Crippen LogP contribution in [-0.4, -0.2) is 21.5 Å². The van der Waals surface area contributed by atoms with Gasteiger partial charge in [-0.15, -0.1) is 0 Å². The summed E-state index contributed by atoms with van der Waals surface area (Å²) in [4.78, 5) is 10.0. The van der Waals surface area contributed by atoms with Gasteiger partial charge in [-0.2, -0.15) is 0 Å². The lowest BCUT2D eigenvalue weighted by atomic mass is 10.3. The average Bonchev–Trinajstić information content (AvgIpc) is 1.96. The second-order valence-corrected chi connectivity index (χ2v) is 2.02. The van der Waals surface area contributed by atoms with Crippen LogP contribution in [0.25, 0.3) is 0 Å². The highest BCUT2D eigenvalue weighted by Gasteiger charge is 2.07. The van der Waals surface area contributed by atoms with Crippen molar-refractivity contribution in [3.05, 3.63) is 18.2 Å². The lowest BCUT2D eigenvalue weighted by molar-refractivity contribution is 0.143. The summed E-state index contributed by atoms with van der Waals surface area (Å²) in [7, 11) is 0. The molecule has 0 spiro atoms. The van der Waals surface area contributed by atoms with Gasteiger partial charge in [-0.25, -0.2) is 4.79 Å². The predicted octanol–water partition coefficient (Wildman–Crippen LogP) is 1.15. The van der Waals surface area contributed by atoms with Gasteiger partial charge < -0.3 is 20.1 Å². The molecule has 0 aliphatic rings. The fraction of sp³-hybridized carbons (Fsp3) is 0. The van der Waals surface area contributed by atoms with E-state index in [0.29, 0.717) is 0 Å². The molecule has 5 heteroatoms. The third-order valence-electron chi connectivity index (χ3n) is 1.14. The minimum absolute atomic E-state index is 0.177. The van der Waals surface area contributed by atoms with Crippen LogP contribution in [0.3, 0.4) is 0 Å². The summed E-state index contributed by atoms with van der Waals surface area (Å²) < 4.78 is 4.13. The van der Waals surface area contributed by atoms with Gasteiger partial charge in [-0.05, 0) is 12.1 Å². The van der Waals surface area contributed by atoms with E-state index >= 15 is 0 Å². The molecular formula is C7H6O5. The largest absolute Gasteiger partial charge is 0.511 e. The quantitative estimate of drug-likeness (QED) is 0.334. The minimum atomic E-state index is -1.55. The average molecular weight is 170 g/mol. The zero-order valence-corrected chi connectivity index (χ0v) is 5.89. The number of carboxylic acid groups (broad SMARTS) is 1.